The van der Waals surface area contributed by atoms with E-state index < -0.39 is 10.0 Å². The van der Waals surface area contributed by atoms with E-state index in [4.69, 9.17) is 0 Å². The SMILES string of the molecule is CCNS(=O)(=O)c1ccc(NC(=O)CCNC(C)C)cc1. The van der Waals surface area contributed by atoms with Crippen molar-refractivity contribution >= 4 is 21.6 Å². The van der Waals surface area contributed by atoms with Gasteiger partial charge in [0, 0.05) is 31.2 Å². The van der Waals surface area contributed by atoms with Gasteiger partial charge in [0.25, 0.3) is 0 Å². The zero-order valence-corrected chi connectivity index (χ0v) is 13.5. The highest BCUT2D eigenvalue weighted by Gasteiger charge is 2.12. The third kappa shape index (κ3) is 6.24. The van der Waals surface area contributed by atoms with Crippen LogP contribution in [-0.2, 0) is 14.8 Å². The molecule has 0 aliphatic heterocycles. The van der Waals surface area contributed by atoms with E-state index in [-0.39, 0.29) is 10.8 Å². The van der Waals surface area contributed by atoms with Gasteiger partial charge < -0.3 is 10.6 Å². The summed E-state index contributed by atoms with van der Waals surface area (Å²) in [5.41, 5.74) is 0.583. The lowest BCUT2D eigenvalue weighted by Crippen LogP contribution is -2.27. The summed E-state index contributed by atoms with van der Waals surface area (Å²) in [6, 6.07) is 6.45. The molecule has 3 N–H and O–H groups in total. The third-order valence-electron chi connectivity index (χ3n) is 2.69. The van der Waals surface area contributed by atoms with Crippen molar-refractivity contribution in [3.63, 3.8) is 0 Å². The fraction of sp³-hybridized carbons (Fsp3) is 0.500. The molecule has 0 spiro atoms. The number of carbonyl (C=O) groups excluding carboxylic acids is 1. The summed E-state index contributed by atoms with van der Waals surface area (Å²) in [5, 5.41) is 5.89. The lowest BCUT2D eigenvalue weighted by atomic mass is 10.3. The van der Waals surface area contributed by atoms with Gasteiger partial charge in [-0.2, -0.15) is 0 Å². The van der Waals surface area contributed by atoms with Crippen LogP contribution in [0.4, 0.5) is 5.69 Å². The van der Waals surface area contributed by atoms with Crippen molar-refractivity contribution in [1.82, 2.24) is 10.0 Å². The molecule has 0 aromatic heterocycles. The van der Waals surface area contributed by atoms with Crippen LogP contribution in [0.5, 0.6) is 0 Å². The van der Waals surface area contributed by atoms with Crippen molar-refractivity contribution in [3.8, 4) is 0 Å². The van der Waals surface area contributed by atoms with E-state index in [0.29, 0.717) is 31.2 Å². The van der Waals surface area contributed by atoms with Gasteiger partial charge in [0.05, 0.1) is 4.90 Å². The molecule has 0 fully saturated rings. The van der Waals surface area contributed by atoms with E-state index in [9.17, 15) is 13.2 Å². The zero-order chi connectivity index (χ0) is 15.9. The van der Waals surface area contributed by atoms with E-state index in [1.165, 1.54) is 12.1 Å². The fourth-order valence-electron chi connectivity index (χ4n) is 1.69. The zero-order valence-electron chi connectivity index (χ0n) is 12.6. The van der Waals surface area contributed by atoms with Crippen molar-refractivity contribution in [2.24, 2.45) is 0 Å². The molecule has 0 saturated carbocycles. The molecule has 0 unspecified atom stereocenters. The van der Waals surface area contributed by atoms with Gasteiger partial charge >= 0.3 is 0 Å². The summed E-state index contributed by atoms with van der Waals surface area (Å²) >= 11 is 0. The molecule has 6 nitrogen and oxygen atoms in total. The molecule has 0 aliphatic carbocycles. The van der Waals surface area contributed by atoms with Crippen LogP contribution >= 0.6 is 0 Å². The molecular weight excluding hydrogens is 290 g/mol. The topological polar surface area (TPSA) is 87.3 Å². The second-order valence-corrected chi connectivity index (χ2v) is 6.70. The number of amides is 1. The Kier molecular flexibility index (Phi) is 6.80. The molecule has 118 valence electrons. The number of hydrogen-bond donors (Lipinski definition) is 3. The Morgan fingerprint density at radius 1 is 1.19 bits per heavy atom. The van der Waals surface area contributed by atoms with Crippen LogP contribution in [0, 0.1) is 0 Å². The monoisotopic (exact) mass is 313 g/mol. The van der Waals surface area contributed by atoms with Gasteiger partial charge in [-0.3, -0.25) is 4.79 Å². The second kappa shape index (κ2) is 8.11. The smallest absolute Gasteiger partial charge is 0.240 e. The van der Waals surface area contributed by atoms with Gasteiger partial charge in [-0.25, -0.2) is 13.1 Å². The maximum atomic E-state index is 11.8. The molecule has 1 aromatic carbocycles. The van der Waals surface area contributed by atoms with Gasteiger partial charge in [0.2, 0.25) is 15.9 Å². The summed E-state index contributed by atoms with van der Waals surface area (Å²) in [6.45, 7) is 6.69. The number of hydrogen-bond acceptors (Lipinski definition) is 4. The summed E-state index contributed by atoms with van der Waals surface area (Å²) in [6.07, 6.45) is 0.371. The van der Waals surface area contributed by atoms with Crippen molar-refractivity contribution in [2.75, 3.05) is 18.4 Å². The Hall–Kier alpha value is -1.44. The van der Waals surface area contributed by atoms with Gasteiger partial charge in [0.1, 0.15) is 0 Å². The molecular formula is C14H23N3O3S. The first kappa shape index (κ1) is 17.6. The van der Waals surface area contributed by atoms with E-state index in [1.54, 1.807) is 19.1 Å². The third-order valence-corrected chi connectivity index (χ3v) is 4.25. The summed E-state index contributed by atoms with van der Waals surface area (Å²) in [5.74, 6) is -0.106. The Bertz CT molecular complexity index is 553. The lowest BCUT2D eigenvalue weighted by molar-refractivity contribution is -0.116. The van der Waals surface area contributed by atoms with Crippen LogP contribution < -0.4 is 15.4 Å². The molecule has 0 radical (unpaired) electrons. The predicted octanol–water partition coefficient (Wildman–Crippen LogP) is 1.31. The standard InChI is InChI=1S/C14H23N3O3S/c1-4-16-21(19,20)13-7-5-12(6-8-13)17-14(18)9-10-15-11(2)3/h5-8,11,15-16H,4,9-10H2,1-3H3,(H,17,18). The molecule has 0 atom stereocenters. The average molecular weight is 313 g/mol. The molecule has 1 rings (SSSR count). The largest absolute Gasteiger partial charge is 0.326 e. The Morgan fingerprint density at radius 2 is 1.81 bits per heavy atom. The molecule has 7 heteroatoms. The van der Waals surface area contributed by atoms with Gasteiger partial charge in [-0.15, -0.1) is 0 Å². The van der Waals surface area contributed by atoms with Crippen LogP contribution in [0.2, 0.25) is 0 Å². The van der Waals surface area contributed by atoms with E-state index in [0.717, 1.165) is 0 Å². The summed E-state index contributed by atoms with van der Waals surface area (Å²) < 4.78 is 25.9. The van der Waals surface area contributed by atoms with Crippen molar-refractivity contribution in [1.29, 1.82) is 0 Å². The minimum Gasteiger partial charge on any atom is -0.326 e. The average Bonchev–Trinajstić information content (AvgIpc) is 2.38. The number of rotatable bonds is 8. The quantitative estimate of drug-likeness (QED) is 0.675. The van der Waals surface area contributed by atoms with Gasteiger partial charge in [-0.1, -0.05) is 20.8 Å². The Labute approximate surface area is 126 Å². The Balaban J connectivity index is 2.57. The highest BCUT2D eigenvalue weighted by atomic mass is 32.2. The Morgan fingerprint density at radius 3 is 2.33 bits per heavy atom. The first-order chi connectivity index (χ1) is 9.85. The van der Waals surface area contributed by atoms with E-state index in [2.05, 4.69) is 15.4 Å². The molecule has 0 heterocycles. The van der Waals surface area contributed by atoms with Crippen LogP contribution in [0.1, 0.15) is 27.2 Å². The fourth-order valence-corrected chi connectivity index (χ4v) is 2.73. The molecule has 1 aromatic rings. The molecule has 0 aliphatic rings. The normalized spacial score (nSPS) is 11.6. The molecule has 0 bridgehead atoms. The van der Waals surface area contributed by atoms with Crippen molar-refractivity contribution < 1.29 is 13.2 Å². The minimum absolute atomic E-state index is 0.106. The molecule has 21 heavy (non-hydrogen) atoms. The molecule has 1 amide bonds. The minimum atomic E-state index is -3.45. The van der Waals surface area contributed by atoms with Crippen LogP contribution in [0.25, 0.3) is 0 Å². The first-order valence-corrected chi connectivity index (χ1v) is 8.46. The van der Waals surface area contributed by atoms with Crippen LogP contribution in [0.3, 0.4) is 0 Å². The van der Waals surface area contributed by atoms with E-state index in [1.807, 2.05) is 13.8 Å². The summed E-state index contributed by atoms with van der Waals surface area (Å²) in [4.78, 5) is 11.9. The van der Waals surface area contributed by atoms with Gasteiger partial charge in [-0.05, 0) is 24.3 Å². The van der Waals surface area contributed by atoms with Crippen molar-refractivity contribution in [2.45, 2.75) is 38.1 Å². The number of nitrogens with one attached hydrogen (secondary N) is 3. The van der Waals surface area contributed by atoms with Crippen LogP contribution in [-0.4, -0.2) is 33.5 Å². The highest BCUT2D eigenvalue weighted by Crippen LogP contribution is 2.14. The summed E-state index contributed by atoms with van der Waals surface area (Å²) in [7, 11) is -3.45. The molecule has 0 saturated heterocycles. The van der Waals surface area contributed by atoms with Crippen LogP contribution in [0.15, 0.2) is 29.2 Å². The maximum absolute atomic E-state index is 11.8. The van der Waals surface area contributed by atoms with Gasteiger partial charge in [0.15, 0.2) is 0 Å². The lowest BCUT2D eigenvalue weighted by Gasteiger charge is -2.09. The predicted molar refractivity (Wildman–Crippen MR) is 83.7 cm³/mol. The maximum Gasteiger partial charge on any atom is 0.240 e. The number of anilines is 1. The number of carbonyl (C=O) groups is 1. The highest BCUT2D eigenvalue weighted by molar-refractivity contribution is 7.89. The second-order valence-electron chi connectivity index (χ2n) is 4.93. The van der Waals surface area contributed by atoms with Crippen molar-refractivity contribution in [3.05, 3.63) is 24.3 Å². The number of sulfonamides is 1. The van der Waals surface area contributed by atoms with E-state index >= 15 is 0 Å². The number of benzene rings is 1. The first-order valence-electron chi connectivity index (χ1n) is 6.98.